The molecule has 76 valence electrons. The summed E-state index contributed by atoms with van der Waals surface area (Å²) in [6.45, 7) is 0. The minimum atomic E-state index is -1.29. The predicted octanol–water partition coefficient (Wildman–Crippen LogP) is 1.55. The van der Waals surface area contributed by atoms with Crippen LogP contribution in [0.2, 0.25) is 5.02 Å². The molecule has 5 heteroatoms. The Kier molecular flexibility index (Phi) is 3.33. The van der Waals surface area contributed by atoms with E-state index in [4.69, 9.17) is 16.7 Å². The van der Waals surface area contributed by atoms with Gasteiger partial charge >= 0.3 is 5.97 Å². The maximum absolute atomic E-state index is 10.3. The Labute approximate surface area is 85.4 Å². The lowest BCUT2D eigenvalue weighted by Gasteiger charge is -2.11. The minimum Gasteiger partial charge on any atom is -0.508 e. The van der Waals surface area contributed by atoms with E-state index in [1.165, 1.54) is 18.2 Å². The van der Waals surface area contributed by atoms with Gasteiger partial charge in [0.25, 0.3) is 0 Å². The largest absolute Gasteiger partial charge is 0.508 e. The molecule has 0 aliphatic carbocycles. The topological polar surface area (TPSA) is 77.8 Å². The van der Waals surface area contributed by atoms with Crippen LogP contribution >= 0.6 is 11.6 Å². The van der Waals surface area contributed by atoms with E-state index >= 15 is 0 Å². The smallest absolute Gasteiger partial charge is 0.306 e. The van der Waals surface area contributed by atoms with Crippen LogP contribution in [0.4, 0.5) is 0 Å². The Morgan fingerprint density at radius 1 is 1.50 bits per heavy atom. The molecule has 1 rings (SSSR count). The van der Waals surface area contributed by atoms with E-state index in [2.05, 4.69) is 0 Å². The van der Waals surface area contributed by atoms with Crippen LogP contribution in [0.5, 0.6) is 5.75 Å². The molecule has 0 radical (unpaired) electrons. The summed E-state index contributed by atoms with van der Waals surface area (Å²) in [6, 6.07) is 4.32. The van der Waals surface area contributed by atoms with Gasteiger partial charge in [-0.15, -0.1) is 0 Å². The van der Waals surface area contributed by atoms with Crippen LogP contribution in [0, 0.1) is 0 Å². The highest BCUT2D eigenvalue weighted by Crippen LogP contribution is 2.32. The molecule has 0 bridgehead atoms. The first-order valence-corrected chi connectivity index (χ1v) is 4.27. The van der Waals surface area contributed by atoms with Crippen molar-refractivity contribution in [1.82, 2.24) is 0 Å². The Balaban J connectivity index is 2.99. The van der Waals surface area contributed by atoms with Crippen LogP contribution in [0.25, 0.3) is 0 Å². The number of aliphatic carboxylic acids is 1. The number of aliphatic hydroxyl groups excluding tert-OH is 1. The van der Waals surface area contributed by atoms with Gasteiger partial charge in [-0.25, -0.2) is 0 Å². The van der Waals surface area contributed by atoms with Crippen LogP contribution in [0.15, 0.2) is 18.2 Å². The normalized spacial score (nSPS) is 12.4. The summed E-state index contributed by atoms with van der Waals surface area (Å²) in [6.07, 6.45) is -1.78. The van der Waals surface area contributed by atoms with E-state index in [1.807, 2.05) is 0 Å². The fourth-order valence-electron chi connectivity index (χ4n) is 1.12. The number of phenols is 1. The SMILES string of the molecule is O=C(O)C[C@H](O)c1c(O)cccc1Cl. The summed E-state index contributed by atoms with van der Waals surface area (Å²) in [5, 5.41) is 27.4. The van der Waals surface area contributed by atoms with Crippen LogP contribution in [-0.2, 0) is 4.79 Å². The average Bonchev–Trinajstić information content (AvgIpc) is 2.01. The zero-order valence-corrected chi connectivity index (χ0v) is 7.90. The fourth-order valence-corrected chi connectivity index (χ4v) is 1.42. The lowest BCUT2D eigenvalue weighted by atomic mass is 10.1. The zero-order valence-electron chi connectivity index (χ0n) is 7.14. The van der Waals surface area contributed by atoms with Crippen LogP contribution in [0.1, 0.15) is 18.1 Å². The number of carboxylic acids is 1. The molecule has 1 aromatic carbocycles. The van der Waals surface area contributed by atoms with E-state index in [0.29, 0.717) is 0 Å². The van der Waals surface area contributed by atoms with Gasteiger partial charge in [0.15, 0.2) is 0 Å². The van der Waals surface area contributed by atoms with Crippen molar-refractivity contribution in [3.63, 3.8) is 0 Å². The third-order valence-electron chi connectivity index (χ3n) is 1.73. The van der Waals surface area contributed by atoms with Crippen molar-refractivity contribution in [2.24, 2.45) is 0 Å². The minimum absolute atomic E-state index is 0.0524. The third kappa shape index (κ3) is 2.37. The number of hydrogen-bond acceptors (Lipinski definition) is 3. The second-order valence-corrected chi connectivity index (χ2v) is 3.19. The van der Waals surface area contributed by atoms with Gasteiger partial charge in [0, 0.05) is 5.56 Å². The van der Waals surface area contributed by atoms with Gasteiger partial charge < -0.3 is 15.3 Å². The third-order valence-corrected chi connectivity index (χ3v) is 2.06. The summed E-state index contributed by atoms with van der Waals surface area (Å²) >= 11 is 5.69. The quantitative estimate of drug-likeness (QED) is 0.717. The molecule has 0 spiro atoms. The van der Waals surface area contributed by atoms with Crippen molar-refractivity contribution in [1.29, 1.82) is 0 Å². The maximum Gasteiger partial charge on any atom is 0.306 e. The van der Waals surface area contributed by atoms with Crippen LogP contribution in [0.3, 0.4) is 0 Å². The van der Waals surface area contributed by atoms with Gasteiger partial charge in [0.2, 0.25) is 0 Å². The summed E-state index contributed by atoms with van der Waals surface area (Å²) in [4.78, 5) is 10.3. The molecule has 0 heterocycles. The van der Waals surface area contributed by atoms with E-state index in [9.17, 15) is 15.0 Å². The number of benzene rings is 1. The maximum atomic E-state index is 10.3. The lowest BCUT2D eigenvalue weighted by Crippen LogP contribution is -2.06. The van der Waals surface area contributed by atoms with E-state index in [-0.39, 0.29) is 16.3 Å². The van der Waals surface area contributed by atoms with Gasteiger partial charge in [-0.3, -0.25) is 4.79 Å². The highest BCUT2D eigenvalue weighted by Gasteiger charge is 2.18. The average molecular weight is 217 g/mol. The second kappa shape index (κ2) is 4.30. The first kappa shape index (κ1) is 10.8. The monoisotopic (exact) mass is 216 g/mol. The molecule has 14 heavy (non-hydrogen) atoms. The Bertz CT molecular complexity index is 330. The molecule has 1 atom stereocenters. The number of carbonyl (C=O) groups is 1. The molecular formula is C9H9ClO4. The lowest BCUT2D eigenvalue weighted by molar-refractivity contribution is -0.139. The molecule has 0 saturated heterocycles. The summed E-state index contributed by atoms with van der Waals surface area (Å²) in [5.41, 5.74) is 0.0524. The summed E-state index contributed by atoms with van der Waals surface area (Å²) in [5.74, 6) is -1.36. The van der Waals surface area contributed by atoms with Gasteiger partial charge in [0.1, 0.15) is 5.75 Å². The molecule has 0 aliphatic heterocycles. The van der Waals surface area contributed by atoms with Crippen molar-refractivity contribution in [3.8, 4) is 5.75 Å². The van der Waals surface area contributed by atoms with Gasteiger partial charge in [0.05, 0.1) is 17.5 Å². The molecule has 0 amide bonds. The first-order chi connectivity index (χ1) is 6.52. The highest BCUT2D eigenvalue weighted by atomic mass is 35.5. The van der Waals surface area contributed by atoms with Crippen molar-refractivity contribution in [3.05, 3.63) is 28.8 Å². The van der Waals surface area contributed by atoms with E-state index < -0.39 is 18.5 Å². The first-order valence-electron chi connectivity index (χ1n) is 3.89. The highest BCUT2D eigenvalue weighted by molar-refractivity contribution is 6.31. The predicted molar refractivity (Wildman–Crippen MR) is 50.3 cm³/mol. The zero-order chi connectivity index (χ0) is 10.7. The molecule has 0 unspecified atom stereocenters. The standard InChI is InChI=1S/C9H9ClO4/c10-5-2-1-3-6(11)9(5)7(12)4-8(13)14/h1-3,7,11-12H,4H2,(H,13,14)/t7-/m0/s1. The molecule has 1 aromatic rings. The number of phenolic OH excluding ortho intramolecular Hbond substituents is 1. The number of halogens is 1. The van der Waals surface area contributed by atoms with Crippen molar-refractivity contribution < 1.29 is 20.1 Å². The van der Waals surface area contributed by atoms with Crippen molar-refractivity contribution in [2.45, 2.75) is 12.5 Å². The molecule has 0 fully saturated rings. The number of aliphatic hydroxyl groups is 1. The van der Waals surface area contributed by atoms with Crippen LogP contribution in [-0.4, -0.2) is 21.3 Å². The molecule has 0 aliphatic rings. The van der Waals surface area contributed by atoms with Crippen LogP contribution < -0.4 is 0 Å². The van der Waals surface area contributed by atoms with E-state index in [1.54, 1.807) is 0 Å². The van der Waals surface area contributed by atoms with Gasteiger partial charge in [-0.2, -0.15) is 0 Å². The molecule has 0 aromatic heterocycles. The number of aromatic hydroxyl groups is 1. The number of hydrogen-bond donors (Lipinski definition) is 3. The number of carboxylic acid groups (broad SMARTS) is 1. The summed E-state index contributed by atoms with van der Waals surface area (Å²) in [7, 11) is 0. The van der Waals surface area contributed by atoms with Gasteiger partial charge in [-0.1, -0.05) is 17.7 Å². The Hall–Kier alpha value is -1.26. The Morgan fingerprint density at radius 3 is 2.64 bits per heavy atom. The fraction of sp³-hybridized carbons (Fsp3) is 0.222. The Morgan fingerprint density at radius 2 is 2.14 bits per heavy atom. The van der Waals surface area contributed by atoms with Crippen molar-refractivity contribution in [2.75, 3.05) is 0 Å². The second-order valence-electron chi connectivity index (χ2n) is 2.79. The molecular weight excluding hydrogens is 208 g/mol. The van der Waals surface area contributed by atoms with Crippen molar-refractivity contribution >= 4 is 17.6 Å². The molecule has 4 nitrogen and oxygen atoms in total. The van der Waals surface area contributed by atoms with Gasteiger partial charge in [-0.05, 0) is 12.1 Å². The van der Waals surface area contributed by atoms with E-state index in [0.717, 1.165) is 0 Å². The molecule has 0 saturated carbocycles. The number of rotatable bonds is 3. The molecule has 3 N–H and O–H groups in total. The summed E-state index contributed by atoms with van der Waals surface area (Å²) < 4.78 is 0.